The molecule has 3 aliphatic rings. The van der Waals surface area contributed by atoms with E-state index in [1.807, 2.05) is 30.3 Å². The van der Waals surface area contributed by atoms with Crippen molar-refractivity contribution in [3.63, 3.8) is 0 Å². The Hall–Kier alpha value is -6.35. The van der Waals surface area contributed by atoms with Gasteiger partial charge in [0.05, 0.1) is 13.2 Å². The highest BCUT2D eigenvalue weighted by atomic mass is 16.5. The van der Waals surface area contributed by atoms with Crippen LogP contribution in [0.3, 0.4) is 0 Å². The molecule has 1 saturated heterocycles. The summed E-state index contributed by atoms with van der Waals surface area (Å²) in [6.45, 7) is 15.2. The van der Waals surface area contributed by atoms with Gasteiger partial charge in [0, 0.05) is 51.8 Å². The first-order chi connectivity index (χ1) is 24.9. The van der Waals surface area contributed by atoms with Crippen molar-refractivity contribution in [3.05, 3.63) is 148 Å². The fourth-order valence-corrected chi connectivity index (χ4v) is 8.08. The van der Waals surface area contributed by atoms with Crippen molar-refractivity contribution in [3.8, 4) is 34.3 Å². The molecule has 0 amide bonds. The zero-order valence-corrected chi connectivity index (χ0v) is 28.2. The molecule has 8 nitrogen and oxygen atoms in total. The summed E-state index contributed by atoms with van der Waals surface area (Å²) in [5.41, 5.74) is 8.76. The van der Waals surface area contributed by atoms with E-state index < -0.39 is 5.60 Å². The zero-order valence-electron chi connectivity index (χ0n) is 28.2. The summed E-state index contributed by atoms with van der Waals surface area (Å²) in [6.07, 6.45) is 4.45. The highest BCUT2D eigenvalue weighted by molar-refractivity contribution is 6.08. The van der Waals surface area contributed by atoms with Crippen molar-refractivity contribution in [1.29, 1.82) is 5.26 Å². The second-order valence-electron chi connectivity index (χ2n) is 13.6. The van der Waals surface area contributed by atoms with Crippen molar-refractivity contribution in [1.82, 2.24) is 15.0 Å². The van der Waals surface area contributed by atoms with E-state index in [1.165, 1.54) is 27.6 Å². The number of morpholine rings is 1. The normalized spacial score (nSPS) is 18.2. The molecular formula is C43H32N6O2. The largest absolute Gasteiger partial charge is 0.472 e. The van der Waals surface area contributed by atoms with E-state index in [0.717, 1.165) is 46.6 Å². The van der Waals surface area contributed by atoms with Gasteiger partial charge in [0.2, 0.25) is 5.82 Å². The predicted octanol–water partition coefficient (Wildman–Crippen LogP) is 8.61. The molecule has 3 heterocycles. The van der Waals surface area contributed by atoms with E-state index in [0.29, 0.717) is 18.8 Å². The molecule has 1 aromatic heterocycles. The van der Waals surface area contributed by atoms with Gasteiger partial charge in [-0.1, -0.05) is 92.7 Å². The predicted molar refractivity (Wildman–Crippen MR) is 198 cm³/mol. The molecule has 246 valence electrons. The lowest BCUT2D eigenvalue weighted by atomic mass is 9.76. The molecule has 6 aromatic rings. The molecule has 0 saturated carbocycles. The number of anilines is 1. The van der Waals surface area contributed by atoms with Gasteiger partial charge in [-0.2, -0.15) is 10.2 Å². The van der Waals surface area contributed by atoms with Crippen molar-refractivity contribution >= 4 is 28.5 Å². The van der Waals surface area contributed by atoms with Crippen LogP contribution in [0.1, 0.15) is 47.5 Å². The van der Waals surface area contributed by atoms with E-state index in [-0.39, 0.29) is 23.0 Å². The Morgan fingerprint density at radius 3 is 2.24 bits per heavy atom. The van der Waals surface area contributed by atoms with Gasteiger partial charge in [0.1, 0.15) is 5.75 Å². The Morgan fingerprint density at radius 1 is 0.824 bits per heavy atom. The summed E-state index contributed by atoms with van der Waals surface area (Å²) in [4.78, 5) is 18.1. The molecule has 1 fully saturated rings. The summed E-state index contributed by atoms with van der Waals surface area (Å²) in [5, 5.41) is 11.7. The van der Waals surface area contributed by atoms with Gasteiger partial charge in [-0.05, 0) is 58.0 Å². The standard InChI is InChI=1S/C43H32N6O2/c1-42(2)35-11-7-6-10-33(35)37-31-8-4-5-9-32(31)39-34(38(37)42)20-21-43(51-39,29-16-18-30(19-17-29)49-22-24-50-25-23-49)28-14-12-27(13-15-28)40-46-36(26-44)47-41(45-3)48-40/h4-21H,22-25H2,1-2H3. The number of rotatable bonds is 4. The Bertz CT molecular complexity index is 2450. The Kier molecular flexibility index (Phi) is 6.99. The lowest BCUT2D eigenvalue weighted by molar-refractivity contribution is 0.122. The van der Waals surface area contributed by atoms with Gasteiger partial charge in [-0.3, -0.25) is 0 Å². The first-order valence-electron chi connectivity index (χ1n) is 17.1. The SMILES string of the molecule is [C-]#[N+]c1nc(C#N)nc(-c2ccc(C3(c4ccc(N5CCOCC5)cc4)C=Cc4c5c(c6ccccc6c4O3)-c3ccccc3C5(C)C)cc2)n1. The third kappa shape index (κ3) is 4.72. The van der Waals surface area contributed by atoms with Crippen molar-refractivity contribution < 1.29 is 9.47 Å². The maximum Gasteiger partial charge on any atom is 0.376 e. The van der Waals surface area contributed by atoms with E-state index >= 15 is 0 Å². The number of ether oxygens (including phenoxy) is 2. The maximum atomic E-state index is 9.46. The van der Waals surface area contributed by atoms with Crippen molar-refractivity contribution in [2.75, 3.05) is 31.2 Å². The van der Waals surface area contributed by atoms with E-state index in [1.54, 1.807) is 0 Å². The number of fused-ring (bicyclic) bond motifs is 8. The molecule has 0 radical (unpaired) electrons. The number of aromatic nitrogens is 3. The highest BCUT2D eigenvalue weighted by Gasteiger charge is 2.44. The molecule has 0 N–H and O–H groups in total. The van der Waals surface area contributed by atoms with Gasteiger partial charge in [-0.25, -0.2) is 0 Å². The molecule has 1 aliphatic carbocycles. The second-order valence-corrected chi connectivity index (χ2v) is 13.6. The smallest absolute Gasteiger partial charge is 0.376 e. The Morgan fingerprint density at radius 2 is 1.51 bits per heavy atom. The van der Waals surface area contributed by atoms with Crippen LogP contribution in [0.4, 0.5) is 11.6 Å². The molecule has 1 unspecified atom stereocenters. The van der Waals surface area contributed by atoms with Crippen LogP contribution in [0.15, 0.2) is 103 Å². The van der Waals surface area contributed by atoms with Crippen molar-refractivity contribution in [2.45, 2.75) is 24.9 Å². The van der Waals surface area contributed by atoms with Crippen LogP contribution in [0, 0.1) is 17.9 Å². The fourth-order valence-electron chi connectivity index (χ4n) is 8.08. The lowest BCUT2D eigenvalue weighted by Crippen LogP contribution is -2.37. The van der Waals surface area contributed by atoms with E-state index in [4.69, 9.17) is 16.0 Å². The minimum atomic E-state index is -0.972. The Balaban J connectivity index is 1.23. The monoisotopic (exact) mass is 664 g/mol. The molecule has 5 aromatic carbocycles. The minimum absolute atomic E-state index is 0.0912. The molecule has 0 bridgehead atoms. The fraction of sp³-hybridized carbons (Fsp3) is 0.186. The van der Waals surface area contributed by atoms with Crippen LogP contribution in [0.2, 0.25) is 0 Å². The summed E-state index contributed by atoms with van der Waals surface area (Å²) in [7, 11) is 0. The third-order valence-electron chi connectivity index (χ3n) is 10.5. The van der Waals surface area contributed by atoms with Crippen LogP contribution in [-0.4, -0.2) is 41.3 Å². The zero-order chi connectivity index (χ0) is 34.7. The number of nitrogens with zero attached hydrogens (tertiary/aromatic N) is 6. The molecule has 9 rings (SSSR count). The molecular weight excluding hydrogens is 633 g/mol. The van der Waals surface area contributed by atoms with Gasteiger partial charge < -0.3 is 19.2 Å². The molecule has 51 heavy (non-hydrogen) atoms. The van der Waals surface area contributed by atoms with Crippen LogP contribution in [0.25, 0.3) is 44.2 Å². The number of hydrogen-bond donors (Lipinski definition) is 0. The first kappa shape index (κ1) is 30.7. The van der Waals surface area contributed by atoms with E-state index in [2.05, 4.69) is 123 Å². The Labute approximate surface area is 296 Å². The first-order valence-corrected chi connectivity index (χ1v) is 17.1. The minimum Gasteiger partial charge on any atom is -0.472 e. The highest BCUT2D eigenvalue weighted by Crippen LogP contribution is 2.58. The molecule has 2 aliphatic heterocycles. The summed E-state index contributed by atoms with van der Waals surface area (Å²) in [5.74, 6) is 0.923. The van der Waals surface area contributed by atoms with Gasteiger partial charge >= 0.3 is 5.95 Å². The van der Waals surface area contributed by atoms with Crippen LogP contribution in [-0.2, 0) is 15.8 Å². The number of hydrogen-bond acceptors (Lipinski definition) is 7. The topological polar surface area (TPSA) is 88.5 Å². The lowest BCUT2D eigenvalue weighted by Gasteiger charge is -2.39. The summed E-state index contributed by atoms with van der Waals surface area (Å²) >= 11 is 0. The average Bonchev–Trinajstić information content (AvgIpc) is 3.44. The quantitative estimate of drug-likeness (QED) is 0.174. The molecule has 8 heteroatoms. The average molecular weight is 665 g/mol. The van der Waals surface area contributed by atoms with Gasteiger partial charge in [0.15, 0.2) is 11.7 Å². The van der Waals surface area contributed by atoms with Crippen LogP contribution >= 0.6 is 0 Å². The third-order valence-corrected chi connectivity index (χ3v) is 10.5. The van der Waals surface area contributed by atoms with E-state index in [9.17, 15) is 5.26 Å². The summed E-state index contributed by atoms with van der Waals surface area (Å²) < 4.78 is 13.1. The van der Waals surface area contributed by atoms with Gasteiger partial charge in [-0.15, -0.1) is 16.5 Å². The van der Waals surface area contributed by atoms with Crippen LogP contribution < -0.4 is 9.64 Å². The number of nitriles is 1. The molecule has 1 atom stereocenters. The van der Waals surface area contributed by atoms with Crippen molar-refractivity contribution in [2.24, 2.45) is 0 Å². The summed E-state index contributed by atoms with van der Waals surface area (Å²) in [6, 6.07) is 35.8. The van der Waals surface area contributed by atoms with Gasteiger partial charge in [0.25, 0.3) is 5.82 Å². The molecule has 0 spiro atoms. The number of benzene rings is 5. The second kappa shape index (κ2) is 11.6. The maximum absolute atomic E-state index is 9.46. The van der Waals surface area contributed by atoms with Crippen LogP contribution in [0.5, 0.6) is 5.75 Å².